The highest BCUT2D eigenvalue weighted by atomic mass is 35.5. The summed E-state index contributed by atoms with van der Waals surface area (Å²) in [5.41, 5.74) is 4.98. The van der Waals surface area contributed by atoms with E-state index in [0.29, 0.717) is 6.61 Å². The lowest BCUT2D eigenvalue weighted by atomic mass is 9.84. The van der Waals surface area contributed by atoms with Crippen LogP contribution < -0.4 is 4.74 Å². The minimum absolute atomic E-state index is 0.130. The van der Waals surface area contributed by atoms with Crippen LogP contribution in [-0.2, 0) is 12.0 Å². The van der Waals surface area contributed by atoms with E-state index in [1.54, 1.807) is 0 Å². The Labute approximate surface area is 119 Å². The highest BCUT2D eigenvalue weighted by molar-refractivity contribution is 6.30. The lowest BCUT2D eigenvalue weighted by Crippen LogP contribution is -2.12. The van der Waals surface area contributed by atoms with Crippen LogP contribution in [0.15, 0.2) is 36.4 Å². The van der Waals surface area contributed by atoms with Crippen molar-refractivity contribution in [3.05, 3.63) is 52.5 Å². The fourth-order valence-corrected chi connectivity index (χ4v) is 2.59. The third kappa shape index (κ3) is 2.23. The van der Waals surface area contributed by atoms with Gasteiger partial charge in [-0.05, 0) is 46.4 Å². The molecule has 0 saturated carbocycles. The number of hydrogen-bond acceptors (Lipinski definition) is 1. The normalized spacial score (nSPS) is 13.5. The highest BCUT2D eigenvalue weighted by Crippen LogP contribution is 2.40. The number of halogens is 1. The molecule has 0 amide bonds. The molecule has 1 heterocycles. The minimum Gasteiger partial charge on any atom is -0.488 e. The van der Waals surface area contributed by atoms with Crippen molar-refractivity contribution in [3.63, 3.8) is 0 Å². The maximum atomic E-state index is 6.13. The number of hydrogen-bond donors (Lipinski definition) is 0. The average Bonchev–Trinajstić information content (AvgIpc) is 2.37. The van der Waals surface area contributed by atoms with Gasteiger partial charge < -0.3 is 4.74 Å². The third-order valence-corrected chi connectivity index (χ3v) is 3.83. The first-order valence-corrected chi connectivity index (χ1v) is 6.89. The molecule has 0 bridgehead atoms. The van der Waals surface area contributed by atoms with Crippen molar-refractivity contribution in [3.8, 4) is 16.9 Å². The SMILES string of the molecule is CC(C)(C)c1ccc2c(c1)-c1cc(Cl)ccc1CO2. The van der Waals surface area contributed by atoms with Crippen LogP contribution in [0.2, 0.25) is 5.02 Å². The smallest absolute Gasteiger partial charge is 0.127 e. The van der Waals surface area contributed by atoms with Crippen LogP contribution in [0.5, 0.6) is 5.75 Å². The molecule has 2 aromatic carbocycles. The molecule has 0 aliphatic carbocycles. The first-order chi connectivity index (χ1) is 8.95. The van der Waals surface area contributed by atoms with Crippen molar-refractivity contribution in [2.75, 3.05) is 0 Å². The predicted molar refractivity (Wildman–Crippen MR) is 79.9 cm³/mol. The zero-order chi connectivity index (χ0) is 13.6. The lowest BCUT2D eigenvalue weighted by Gasteiger charge is -2.25. The Balaban J connectivity index is 2.21. The Morgan fingerprint density at radius 3 is 2.53 bits per heavy atom. The van der Waals surface area contributed by atoms with Gasteiger partial charge in [0.1, 0.15) is 12.4 Å². The zero-order valence-corrected chi connectivity index (χ0v) is 12.2. The van der Waals surface area contributed by atoms with Gasteiger partial charge in [-0.25, -0.2) is 0 Å². The summed E-state index contributed by atoms with van der Waals surface area (Å²) in [6.45, 7) is 7.28. The van der Waals surface area contributed by atoms with E-state index in [9.17, 15) is 0 Å². The summed E-state index contributed by atoms with van der Waals surface area (Å²) in [7, 11) is 0. The third-order valence-electron chi connectivity index (χ3n) is 3.59. The van der Waals surface area contributed by atoms with Gasteiger partial charge in [0.2, 0.25) is 0 Å². The topological polar surface area (TPSA) is 9.23 Å². The molecule has 1 aliphatic heterocycles. The second-order valence-corrected chi connectivity index (χ2v) is 6.49. The molecule has 0 N–H and O–H groups in total. The molecule has 1 nitrogen and oxygen atoms in total. The van der Waals surface area contributed by atoms with Crippen molar-refractivity contribution in [2.24, 2.45) is 0 Å². The minimum atomic E-state index is 0.130. The molecule has 98 valence electrons. The molecule has 0 atom stereocenters. The molecule has 2 aromatic rings. The molecule has 0 saturated heterocycles. The van der Waals surface area contributed by atoms with E-state index in [1.165, 1.54) is 16.7 Å². The van der Waals surface area contributed by atoms with Gasteiger partial charge >= 0.3 is 0 Å². The number of ether oxygens (including phenoxy) is 1. The fraction of sp³-hybridized carbons (Fsp3) is 0.294. The standard InChI is InChI=1S/C17H17ClO/c1-17(2,3)12-5-7-16-15(8-12)14-9-13(18)6-4-11(14)10-19-16/h4-9H,10H2,1-3H3. The van der Waals surface area contributed by atoms with E-state index in [4.69, 9.17) is 16.3 Å². The maximum absolute atomic E-state index is 6.13. The van der Waals surface area contributed by atoms with Crippen LogP contribution in [0.3, 0.4) is 0 Å². The molecule has 0 fully saturated rings. The van der Waals surface area contributed by atoms with E-state index in [0.717, 1.165) is 16.3 Å². The summed E-state index contributed by atoms with van der Waals surface area (Å²) >= 11 is 6.13. The monoisotopic (exact) mass is 272 g/mol. The van der Waals surface area contributed by atoms with E-state index >= 15 is 0 Å². The Kier molecular flexibility index (Phi) is 2.83. The van der Waals surface area contributed by atoms with Crippen LogP contribution in [0.25, 0.3) is 11.1 Å². The van der Waals surface area contributed by atoms with Crippen LogP contribution in [0.1, 0.15) is 31.9 Å². The van der Waals surface area contributed by atoms with Gasteiger partial charge in [0.05, 0.1) is 0 Å². The lowest BCUT2D eigenvalue weighted by molar-refractivity contribution is 0.302. The van der Waals surface area contributed by atoms with Gasteiger partial charge in [-0.15, -0.1) is 0 Å². The molecule has 19 heavy (non-hydrogen) atoms. The molecule has 0 unspecified atom stereocenters. The summed E-state index contributed by atoms with van der Waals surface area (Å²) in [4.78, 5) is 0. The number of rotatable bonds is 0. The van der Waals surface area contributed by atoms with Gasteiger partial charge in [0.25, 0.3) is 0 Å². The van der Waals surface area contributed by atoms with Crippen LogP contribution in [-0.4, -0.2) is 0 Å². The van der Waals surface area contributed by atoms with Crippen molar-refractivity contribution in [1.29, 1.82) is 0 Å². The quantitative estimate of drug-likeness (QED) is 0.641. The van der Waals surface area contributed by atoms with Crippen molar-refractivity contribution >= 4 is 11.6 Å². The average molecular weight is 273 g/mol. The van der Waals surface area contributed by atoms with Crippen LogP contribution in [0, 0.1) is 0 Å². The van der Waals surface area contributed by atoms with Gasteiger partial charge in [-0.2, -0.15) is 0 Å². The van der Waals surface area contributed by atoms with Crippen LogP contribution >= 0.6 is 11.6 Å². The Morgan fingerprint density at radius 1 is 1.00 bits per heavy atom. The second-order valence-electron chi connectivity index (χ2n) is 6.05. The van der Waals surface area contributed by atoms with E-state index < -0.39 is 0 Å². The first kappa shape index (κ1) is 12.6. The number of benzene rings is 2. The zero-order valence-electron chi connectivity index (χ0n) is 11.5. The van der Waals surface area contributed by atoms with Gasteiger partial charge in [-0.3, -0.25) is 0 Å². The second kappa shape index (κ2) is 4.28. The van der Waals surface area contributed by atoms with E-state index in [2.05, 4.69) is 39.0 Å². The maximum Gasteiger partial charge on any atom is 0.127 e. The summed E-state index contributed by atoms with van der Waals surface area (Å²) in [6, 6.07) is 12.4. The largest absolute Gasteiger partial charge is 0.488 e. The molecule has 1 aliphatic rings. The Hall–Kier alpha value is -1.47. The predicted octanol–water partition coefficient (Wildman–Crippen LogP) is 5.20. The van der Waals surface area contributed by atoms with Crippen molar-refractivity contribution < 1.29 is 4.74 Å². The fourth-order valence-electron chi connectivity index (χ4n) is 2.41. The summed E-state index contributed by atoms with van der Waals surface area (Å²) in [5, 5.41) is 0.771. The highest BCUT2D eigenvalue weighted by Gasteiger charge is 2.21. The van der Waals surface area contributed by atoms with Gasteiger partial charge in [-0.1, -0.05) is 44.5 Å². The molecule has 0 aromatic heterocycles. The van der Waals surface area contributed by atoms with E-state index in [1.807, 2.05) is 18.2 Å². The molecule has 2 heteroatoms. The Bertz CT molecular complexity index is 638. The summed E-state index contributed by atoms with van der Waals surface area (Å²) in [5.74, 6) is 0.947. The molecular weight excluding hydrogens is 256 g/mol. The summed E-state index contributed by atoms with van der Waals surface area (Å²) in [6.07, 6.45) is 0. The number of fused-ring (bicyclic) bond motifs is 3. The molecule has 0 spiro atoms. The van der Waals surface area contributed by atoms with Crippen molar-refractivity contribution in [1.82, 2.24) is 0 Å². The first-order valence-electron chi connectivity index (χ1n) is 6.51. The summed E-state index contributed by atoms with van der Waals surface area (Å²) < 4.78 is 5.81. The van der Waals surface area contributed by atoms with Crippen molar-refractivity contribution in [2.45, 2.75) is 32.8 Å². The molecule has 3 rings (SSSR count). The van der Waals surface area contributed by atoms with Gasteiger partial charge in [0.15, 0.2) is 0 Å². The van der Waals surface area contributed by atoms with E-state index in [-0.39, 0.29) is 5.41 Å². The van der Waals surface area contributed by atoms with Gasteiger partial charge in [0, 0.05) is 10.6 Å². The molecular formula is C17H17ClO. The Morgan fingerprint density at radius 2 is 1.79 bits per heavy atom. The molecule has 0 radical (unpaired) electrons. The van der Waals surface area contributed by atoms with Crippen LogP contribution in [0.4, 0.5) is 0 Å².